The van der Waals surface area contributed by atoms with Crippen LogP contribution in [0.15, 0.2) is 30.3 Å². The van der Waals surface area contributed by atoms with Gasteiger partial charge in [0.25, 0.3) is 12.3 Å². The van der Waals surface area contributed by atoms with E-state index >= 15 is 0 Å². The lowest BCUT2D eigenvalue weighted by Gasteiger charge is -2.07. The van der Waals surface area contributed by atoms with E-state index in [4.69, 9.17) is 23.1 Å². The Bertz CT molecular complexity index is 909. The molecule has 4 N–H and O–H groups in total. The first kappa shape index (κ1) is 15.6. The molecule has 8 heteroatoms. The summed E-state index contributed by atoms with van der Waals surface area (Å²) in [6.07, 6.45) is -2.76. The van der Waals surface area contributed by atoms with Gasteiger partial charge in [0, 0.05) is 21.5 Å². The van der Waals surface area contributed by atoms with Crippen LogP contribution in [0.2, 0.25) is 5.02 Å². The first-order chi connectivity index (χ1) is 10.9. The van der Waals surface area contributed by atoms with Crippen molar-refractivity contribution in [1.82, 2.24) is 4.98 Å². The van der Waals surface area contributed by atoms with E-state index in [1.54, 1.807) is 24.3 Å². The number of thiophene rings is 1. The summed E-state index contributed by atoms with van der Waals surface area (Å²) in [7, 11) is 0. The molecule has 1 amide bonds. The summed E-state index contributed by atoms with van der Waals surface area (Å²) < 4.78 is 26.9. The number of nitrogens with zero attached hydrogens (tertiary/aromatic N) is 1. The van der Waals surface area contributed by atoms with E-state index in [1.807, 2.05) is 0 Å². The average molecular weight is 354 g/mol. The van der Waals surface area contributed by atoms with Gasteiger partial charge in [-0.1, -0.05) is 23.7 Å². The standard InChI is InChI=1S/C15H10ClF2N3OS/c16-7-3-1-6(2-4-7)9-5-8(13(17)18)10-11(19)12(14(20)22)23-15(10)21-9/h1-5,13H,19H2,(H2,20,22). The van der Waals surface area contributed by atoms with Crippen molar-refractivity contribution in [2.24, 2.45) is 5.73 Å². The summed E-state index contributed by atoms with van der Waals surface area (Å²) in [6.45, 7) is 0. The number of amides is 1. The number of benzene rings is 1. The molecule has 0 saturated heterocycles. The minimum atomic E-state index is -2.76. The number of alkyl halides is 2. The average Bonchev–Trinajstić information content (AvgIpc) is 2.84. The molecule has 0 unspecified atom stereocenters. The predicted octanol–water partition coefficient (Wildman–Crippen LogP) is 4.24. The molecule has 0 aliphatic rings. The minimum absolute atomic E-state index is 0.0302. The molecular formula is C15H10ClF2N3OS. The van der Waals surface area contributed by atoms with Crippen LogP contribution < -0.4 is 11.5 Å². The molecule has 3 rings (SSSR count). The van der Waals surface area contributed by atoms with E-state index in [2.05, 4.69) is 4.98 Å². The first-order valence-electron chi connectivity index (χ1n) is 6.45. The zero-order chi connectivity index (χ0) is 16.7. The number of carbonyl (C=O) groups excluding carboxylic acids is 1. The summed E-state index contributed by atoms with van der Waals surface area (Å²) in [5.74, 6) is -0.765. The zero-order valence-corrected chi connectivity index (χ0v) is 13.1. The van der Waals surface area contributed by atoms with Gasteiger partial charge in [0.15, 0.2) is 0 Å². The van der Waals surface area contributed by atoms with Crippen molar-refractivity contribution in [3.05, 3.63) is 45.8 Å². The SMILES string of the molecule is NC(=O)c1sc2nc(-c3ccc(Cl)cc3)cc(C(F)F)c2c1N. The third kappa shape index (κ3) is 2.73. The van der Waals surface area contributed by atoms with E-state index in [-0.39, 0.29) is 26.3 Å². The number of fused-ring (bicyclic) bond motifs is 1. The molecule has 1 aromatic carbocycles. The van der Waals surface area contributed by atoms with Crippen LogP contribution in [0.5, 0.6) is 0 Å². The molecular weight excluding hydrogens is 344 g/mol. The number of anilines is 1. The zero-order valence-electron chi connectivity index (χ0n) is 11.5. The van der Waals surface area contributed by atoms with Crippen LogP contribution in [0.3, 0.4) is 0 Å². The summed E-state index contributed by atoms with van der Waals surface area (Å²) in [6, 6.07) is 7.91. The van der Waals surface area contributed by atoms with Gasteiger partial charge in [0.2, 0.25) is 0 Å². The van der Waals surface area contributed by atoms with Crippen molar-refractivity contribution >= 4 is 44.7 Å². The molecule has 2 aromatic heterocycles. The Morgan fingerprint density at radius 2 is 1.91 bits per heavy atom. The van der Waals surface area contributed by atoms with Crippen LogP contribution in [0.25, 0.3) is 21.5 Å². The number of hydrogen-bond acceptors (Lipinski definition) is 4. The van der Waals surface area contributed by atoms with Crippen LogP contribution in [0.4, 0.5) is 14.5 Å². The van der Waals surface area contributed by atoms with Gasteiger partial charge >= 0.3 is 0 Å². The largest absolute Gasteiger partial charge is 0.397 e. The van der Waals surface area contributed by atoms with Crippen molar-refractivity contribution < 1.29 is 13.6 Å². The second-order valence-corrected chi connectivity index (χ2v) is 6.23. The Morgan fingerprint density at radius 3 is 2.48 bits per heavy atom. The van der Waals surface area contributed by atoms with Crippen LogP contribution in [0.1, 0.15) is 21.7 Å². The molecule has 0 radical (unpaired) electrons. The van der Waals surface area contributed by atoms with Crippen molar-refractivity contribution in [3.8, 4) is 11.3 Å². The highest BCUT2D eigenvalue weighted by Crippen LogP contribution is 2.40. The van der Waals surface area contributed by atoms with Crippen molar-refractivity contribution in [2.45, 2.75) is 6.43 Å². The maximum atomic E-state index is 13.4. The summed E-state index contributed by atoms with van der Waals surface area (Å²) >= 11 is 6.73. The van der Waals surface area contributed by atoms with Gasteiger partial charge in [-0.15, -0.1) is 11.3 Å². The quantitative estimate of drug-likeness (QED) is 0.739. The van der Waals surface area contributed by atoms with Gasteiger partial charge in [-0.3, -0.25) is 4.79 Å². The molecule has 0 fully saturated rings. The van der Waals surface area contributed by atoms with Crippen LogP contribution in [-0.2, 0) is 0 Å². The number of halogens is 3. The van der Waals surface area contributed by atoms with Gasteiger partial charge in [0.1, 0.15) is 9.71 Å². The third-order valence-corrected chi connectivity index (χ3v) is 4.69. The Morgan fingerprint density at radius 1 is 1.26 bits per heavy atom. The van der Waals surface area contributed by atoms with Crippen molar-refractivity contribution in [1.29, 1.82) is 0 Å². The van der Waals surface area contributed by atoms with Crippen molar-refractivity contribution in [3.63, 3.8) is 0 Å². The monoisotopic (exact) mass is 353 g/mol. The molecule has 3 aromatic rings. The highest BCUT2D eigenvalue weighted by atomic mass is 35.5. The summed E-state index contributed by atoms with van der Waals surface area (Å²) in [4.78, 5) is 16.0. The second kappa shape index (κ2) is 5.75. The number of nitrogen functional groups attached to an aromatic ring is 1. The molecule has 4 nitrogen and oxygen atoms in total. The molecule has 118 valence electrons. The lowest BCUT2D eigenvalue weighted by Crippen LogP contribution is -2.10. The Balaban J connectivity index is 2.30. The first-order valence-corrected chi connectivity index (χ1v) is 7.64. The van der Waals surface area contributed by atoms with Gasteiger partial charge in [0.05, 0.1) is 11.4 Å². The number of rotatable bonds is 3. The number of pyridine rings is 1. The Hall–Kier alpha value is -2.25. The van der Waals surface area contributed by atoms with Gasteiger partial charge in [-0.25, -0.2) is 13.8 Å². The van der Waals surface area contributed by atoms with E-state index < -0.39 is 12.3 Å². The number of aromatic nitrogens is 1. The molecule has 0 spiro atoms. The van der Waals surface area contributed by atoms with Gasteiger partial charge < -0.3 is 11.5 Å². The lowest BCUT2D eigenvalue weighted by atomic mass is 10.1. The van der Waals surface area contributed by atoms with E-state index in [9.17, 15) is 13.6 Å². The van der Waals surface area contributed by atoms with Gasteiger partial charge in [-0.05, 0) is 18.2 Å². The highest BCUT2D eigenvalue weighted by Gasteiger charge is 2.23. The Labute approximate surface area is 138 Å². The maximum Gasteiger partial charge on any atom is 0.264 e. The number of carbonyl (C=O) groups is 1. The Kier molecular flexibility index (Phi) is 3.91. The summed E-state index contributed by atoms with van der Waals surface area (Å²) in [5, 5.41) is 0.608. The number of primary amides is 1. The molecule has 0 aliphatic carbocycles. The van der Waals surface area contributed by atoms with E-state index in [0.717, 1.165) is 11.3 Å². The molecule has 0 saturated carbocycles. The van der Waals surface area contributed by atoms with E-state index in [1.165, 1.54) is 6.07 Å². The smallest absolute Gasteiger partial charge is 0.264 e. The fourth-order valence-electron chi connectivity index (χ4n) is 2.27. The van der Waals surface area contributed by atoms with Crippen molar-refractivity contribution in [2.75, 3.05) is 5.73 Å². The minimum Gasteiger partial charge on any atom is -0.397 e. The van der Waals surface area contributed by atoms with Crippen LogP contribution in [-0.4, -0.2) is 10.9 Å². The number of hydrogen-bond donors (Lipinski definition) is 2. The fraction of sp³-hybridized carbons (Fsp3) is 0.0667. The second-order valence-electron chi connectivity index (χ2n) is 4.79. The number of nitrogens with two attached hydrogens (primary N) is 2. The van der Waals surface area contributed by atoms with Crippen LogP contribution >= 0.6 is 22.9 Å². The molecule has 0 bridgehead atoms. The normalized spacial score (nSPS) is 11.3. The molecule has 23 heavy (non-hydrogen) atoms. The van der Waals surface area contributed by atoms with Gasteiger partial charge in [-0.2, -0.15) is 0 Å². The fourth-order valence-corrected chi connectivity index (χ4v) is 3.38. The summed E-state index contributed by atoms with van der Waals surface area (Å²) in [5.41, 5.74) is 11.7. The third-order valence-electron chi connectivity index (χ3n) is 3.33. The molecule has 0 aliphatic heterocycles. The van der Waals surface area contributed by atoms with E-state index in [0.29, 0.717) is 16.3 Å². The highest BCUT2D eigenvalue weighted by molar-refractivity contribution is 7.21. The predicted molar refractivity (Wildman–Crippen MR) is 88.0 cm³/mol. The lowest BCUT2D eigenvalue weighted by molar-refractivity contribution is 0.100. The topological polar surface area (TPSA) is 82.0 Å². The maximum absolute atomic E-state index is 13.4. The molecule has 0 atom stereocenters. The van der Waals surface area contributed by atoms with Crippen LogP contribution in [0, 0.1) is 0 Å². The molecule has 2 heterocycles.